The highest BCUT2D eigenvalue weighted by Gasteiger charge is 2.15. The number of aromatic nitrogens is 1. The summed E-state index contributed by atoms with van der Waals surface area (Å²) in [5.41, 5.74) is 2.56. The monoisotopic (exact) mass is 355 g/mol. The molecule has 0 spiro atoms. The predicted molar refractivity (Wildman–Crippen MR) is 97.5 cm³/mol. The minimum absolute atomic E-state index is 0.0226. The number of hydrogen-bond donors (Lipinski definition) is 3. The van der Waals surface area contributed by atoms with Crippen molar-refractivity contribution in [3.05, 3.63) is 63.4 Å². The Balaban J connectivity index is 1.58. The van der Waals surface area contributed by atoms with Crippen molar-refractivity contribution < 1.29 is 9.53 Å². The van der Waals surface area contributed by atoms with Crippen molar-refractivity contribution in [2.24, 2.45) is 0 Å². The molecule has 25 heavy (non-hydrogen) atoms. The molecule has 7 heteroatoms. The number of halogens is 1. The van der Waals surface area contributed by atoms with E-state index in [1.807, 2.05) is 18.2 Å². The number of aromatic amines is 1. The molecule has 0 aliphatic carbocycles. The summed E-state index contributed by atoms with van der Waals surface area (Å²) in [5, 5.41) is 7.43. The number of carbonyl (C=O) groups is 1. The first-order chi connectivity index (χ1) is 12.1. The number of amides is 1. The van der Waals surface area contributed by atoms with E-state index < -0.39 is 0 Å². The minimum atomic E-state index is -0.187. The van der Waals surface area contributed by atoms with Crippen LogP contribution in [0.3, 0.4) is 0 Å². The second-order valence-electron chi connectivity index (χ2n) is 5.76. The molecule has 0 saturated heterocycles. The first-order valence-corrected chi connectivity index (χ1v) is 8.08. The van der Waals surface area contributed by atoms with Gasteiger partial charge in [-0.25, -0.2) is 0 Å². The molecule has 3 aromatic rings. The van der Waals surface area contributed by atoms with Crippen molar-refractivity contribution in [1.82, 2.24) is 4.98 Å². The molecule has 6 nitrogen and oxygen atoms in total. The van der Waals surface area contributed by atoms with Crippen LogP contribution in [0.15, 0.2) is 47.3 Å². The van der Waals surface area contributed by atoms with Gasteiger partial charge in [-0.05, 0) is 42.5 Å². The van der Waals surface area contributed by atoms with Gasteiger partial charge in [0.05, 0.1) is 5.69 Å². The van der Waals surface area contributed by atoms with E-state index in [0.717, 1.165) is 16.6 Å². The number of pyridine rings is 1. The normalized spacial score (nSPS) is 13.1. The SMILES string of the molecule is O=C1COc2ccc(NCc3cc4cc(Cl)ccc4[nH]c3=O)cc2N1. The minimum Gasteiger partial charge on any atom is -0.482 e. The molecule has 1 aliphatic rings. The maximum Gasteiger partial charge on any atom is 0.262 e. The molecular formula is C18H14ClN3O3. The molecule has 1 aromatic heterocycles. The highest BCUT2D eigenvalue weighted by Crippen LogP contribution is 2.30. The molecule has 0 atom stereocenters. The summed E-state index contributed by atoms with van der Waals surface area (Å²) in [5.74, 6) is 0.441. The van der Waals surface area contributed by atoms with Crippen LogP contribution in [0.2, 0.25) is 5.02 Å². The van der Waals surface area contributed by atoms with Crippen LogP contribution in [0.4, 0.5) is 11.4 Å². The van der Waals surface area contributed by atoms with E-state index in [2.05, 4.69) is 15.6 Å². The third kappa shape index (κ3) is 3.16. The van der Waals surface area contributed by atoms with Gasteiger partial charge in [-0.2, -0.15) is 0 Å². The summed E-state index contributed by atoms with van der Waals surface area (Å²) in [6, 6.07) is 12.5. The van der Waals surface area contributed by atoms with Gasteiger partial charge >= 0.3 is 0 Å². The number of H-pyrrole nitrogens is 1. The Labute approximate surface area is 147 Å². The van der Waals surface area contributed by atoms with E-state index in [9.17, 15) is 9.59 Å². The molecule has 2 heterocycles. The van der Waals surface area contributed by atoms with Crippen molar-refractivity contribution in [2.45, 2.75) is 6.54 Å². The van der Waals surface area contributed by atoms with Gasteiger partial charge in [0.15, 0.2) is 6.61 Å². The van der Waals surface area contributed by atoms with Crippen LogP contribution >= 0.6 is 11.6 Å². The van der Waals surface area contributed by atoms with Crippen molar-refractivity contribution >= 4 is 39.8 Å². The molecule has 4 rings (SSSR count). The van der Waals surface area contributed by atoms with E-state index in [1.54, 1.807) is 24.3 Å². The lowest BCUT2D eigenvalue weighted by molar-refractivity contribution is -0.118. The van der Waals surface area contributed by atoms with Gasteiger partial charge in [-0.3, -0.25) is 9.59 Å². The summed E-state index contributed by atoms with van der Waals surface area (Å²) in [4.78, 5) is 26.5. The fourth-order valence-corrected chi connectivity index (χ4v) is 2.92. The van der Waals surface area contributed by atoms with Crippen LogP contribution in [0, 0.1) is 0 Å². The van der Waals surface area contributed by atoms with Crippen molar-refractivity contribution in [1.29, 1.82) is 0 Å². The molecule has 3 N–H and O–H groups in total. The number of anilines is 2. The Bertz CT molecular complexity index is 1050. The van der Waals surface area contributed by atoms with Crippen LogP contribution in [-0.4, -0.2) is 17.5 Å². The zero-order valence-corrected chi connectivity index (χ0v) is 13.8. The molecule has 0 bridgehead atoms. The second-order valence-corrected chi connectivity index (χ2v) is 6.19. The number of benzene rings is 2. The van der Waals surface area contributed by atoms with Gasteiger partial charge in [0.2, 0.25) is 0 Å². The number of ether oxygens (including phenoxy) is 1. The summed E-state index contributed by atoms with van der Waals surface area (Å²) >= 11 is 6.01. The van der Waals surface area contributed by atoms with E-state index in [1.165, 1.54) is 0 Å². The standard InChI is InChI=1S/C18H14ClN3O3/c19-12-1-3-14-10(6-12)5-11(18(24)22-14)8-20-13-2-4-16-15(7-13)21-17(23)9-25-16/h1-7,20H,8-9H2,(H,21,23)(H,22,24). The Kier molecular flexibility index (Phi) is 3.82. The van der Waals surface area contributed by atoms with Crippen LogP contribution in [0.25, 0.3) is 10.9 Å². The molecule has 126 valence electrons. The highest BCUT2D eigenvalue weighted by atomic mass is 35.5. The van der Waals surface area contributed by atoms with Crippen LogP contribution < -0.4 is 20.9 Å². The number of nitrogens with one attached hydrogen (secondary N) is 3. The molecule has 0 unspecified atom stereocenters. The first kappa shape index (κ1) is 15.5. The molecule has 0 fully saturated rings. The van der Waals surface area contributed by atoms with Gasteiger partial charge in [0.1, 0.15) is 5.75 Å². The van der Waals surface area contributed by atoms with Gasteiger partial charge < -0.3 is 20.4 Å². The number of rotatable bonds is 3. The number of hydrogen-bond acceptors (Lipinski definition) is 4. The van der Waals surface area contributed by atoms with E-state index in [-0.39, 0.29) is 18.1 Å². The van der Waals surface area contributed by atoms with E-state index in [0.29, 0.717) is 28.6 Å². The fourth-order valence-electron chi connectivity index (χ4n) is 2.74. The fraction of sp³-hybridized carbons (Fsp3) is 0.111. The molecule has 1 amide bonds. The van der Waals surface area contributed by atoms with Gasteiger partial charge in [-0.15, -0.1) is 0 Å². The number of carbonyl (C=O) groups excluding carboxylic acids is 1. The van der Waals surface area contributed by atoms with Crippen molar-refractivity contribution in [3.63, 3.8) is 0 Å². The lowest BCUT2D eigenvalue weighted by Gasteiger charge is -2.18. The Hall–Kier alpha value is -2.99. The molecule has 0 saturated carbocycles. The van der Waals surface area contributed by atoms with Gasteiger partial charge in [0.25, 0.3) is 11.5 Å². The predicted octanol–water partition coefficient (Wildman–Crippen LogP) is 3.12. The zero-order valence-electron chi connectivity index (χ0n) is 13.1. The smallest absolute Gasteiger partial charge is 0.262 e. The average molecular weight is 356 g/mol. The molecular weight excluding hydrogens is 342 g/mol. The van der Waals surface area contributed by atoms with E-state index >= 15 is 0 Å². The quantitative estimate of drug-likeness (QED) is 0.674. The third-order valence-corrected chi connectivity index (χ3v) is 4.21. The average Bonchev–Trinajstić information content (AvgIpc) is 2.60. The number of fused-ring (bicyclic) bond motifs is 2. The summed E-state index contributed by atoms with van der Waals surface area (Å²) < 4.78 is 5.32. The van der Waals surface area contributed by atoms with Crippen molar-refractivity contribution in [2.75, 3.05) is 17.2 Å². The van der Waals surface area contributed by atoms with Gasteiger partial charge in [-0.1, -0.05) is 11.6 Å². The molecule has 2 aromatic carbocycles. The summed E-state index contributed by atoms with van der Waals surface area (Å²) in [6.07, 6.45) is 0. The zero-order chi connectivity index (χ0) is 17.4. The van der Waals surface area contributed by atoms with Crippen LogP contribution in [0.1, 0.15) is 5.56 Å². The Morgan fingerprint density at radius 1 is 1.12 bits per heavy atom. The maximum atomic E-state index is 12.2. The first-order valence-electron chi connectivity index (χ1n) is 7.70. The Morgan fingerprint density at radius 2 is 2.00 bits per heavy atom. The summed E-state index contributed by atoms with van der Waals surface area (Å²) in [6.45, 7) is 0.361. The molecule has 0 radical (unpaired) electrons. The topological polar surface area (TPSA) is 83.2 Å². The van der Waals surface area contributed by atoms with Crippen LogP contribution in [-0.2, 0) is 11.3 Å². The lowest BCUT2D eigenvalue weighted by Crippen LogP contribution is -2.25. The third-order valence-electron chi connectivity index (χ3n) is 3.98. The van der Waals surface area contributed by atoms with E-state index in [4.69, 9.17) is 16.3 Å². The molecule has 1 aliphatic heterocycles. The highest BCUT2D eigenvalue weighted by molar-refractivity contribution is 6.31. The second kappa shape index (κ2) is 6.14. The summed E-state index contributed by atoms with van der Waals surface area (Å²) in [7, 11) is 0. The van der Waals surface area contributed by atoms with Crippen molar-refractivity contribution in [3.8, 4) is 5.75 Å². The van der Waals surface area contributed by atoms with Crippen LogP contribution in [0.5, 0.6) is 5.75 Å². The largest absolute Gasteiger partial charge is 0.482 e. The Morgan fingerprint density at radius 3 is 2.88 bits per heavy atom. The maximum absolute atomic E-state index is 12.2. The van der Waals surface area contributed by atoms with Gasteiger partial charge in [0, 0.05) is 33.7 Å². The lowest BCUT2D eigenvalue weighted by atomic mass is 10.1.